The predicted octanol–water partition coefficient (Wildman–Crippen LogP) is 2.61. The molecule has 0 aromatic carbocycles. The van der Waals surface area contributed by atoms with E-state index in [-0.39, 0.29) is 0 Å². The van der Waals surface area contributed by atoms with Crippen molar-refractivity contribution in [2.45, 2.75) is 0 Å². The first-order chi connectivity index (χ1) is 4.24. The van der Waals surface area contributed by atoms with Gasteiger partial charge in [-0.25, -0.2) is 0 Å². The number of rotatable bonds is 0. The molecule has 0 fully saturated rings. The molecular weight excluding hydrogens is 126 g/mol. The molecule has 0 amide bonds. The predicted molar refractivity (Wildman–Crippen MR) is 29.6 cm³/mol. The van der Waals surface area contributed by atoms with Crippen LogP contribution in [0.4, 0.5) is 0 Å². The molecule has 48 valence electrons. The van der Waals surface area contributed by atoms with Crippen molar-refractivity contribution in [2.24, 2.45) is 0 Å². The molecule has 0 unspecified atom stereocenters. The van der Waals surface area contributed by atoms with E-state index in [0.29, 0.717) is 0 Å². The van der Waals surface area contributed by atoms with Crippen LogP contribution in [0.2, 0.25) is 0 Å². The molecule has 0 saturated carbocycles. The van der Waals surface area contributed by atoms with Crippen LogP contribution >= 0.6 is 0 Å². The fourth-order valence-electron chi connectivity index (χ4n) is 0. The van der Waals surface area contributed by atoms with Gasteiger partial charge in [0.1, 0.15) is 0 Å². The van der Waals surface area contributed by atoms with Crippen molar-refractivity contribution >= 4 is 0 Å². The van der Waals surface area contributed by atoms with Gasteiger partial charge in [0.15, 0.2) is 0 Å². The van der Waals surface area contributed by atoms with E-state index in [0.717, 1.165) is 0 Å². The van der Waals surface area contributed by atoms with Gasteiger partial charge in [0.05, 0.1) is 0 Å². The first kappa shape index (κ1) is 15.8. The molecule has 0 rings (SSSR count). The minimum absolute atomic E-state index is 1.50. The summed E-state index contributed by atoms with van der Waals surface area (Å²) in [6.07, 6.45) is 0. The zero-order valence-electron chi connectivity index (χ0n) is 4.08. The highest BCUT2D eigenvalue weighted by atomic mass is 15.0. The third kappa shape index (κ3) is 21.4. The molecule has 0 radical (unpaired) electrons. The molecule has 0 aliphatic carbocycles. The third-order valence-corrected chi connectivity index (χ3v) is 0. The summed E-state index contributed by atoms with van der Waals surface area (Å²) < 4.78 is 0. The first-order valence-corrected chi connectivity index (χ1v) is 1.22. The van der Waals surface area contributed by atoms with E-state index in [1.165, 1.54) is 9.82 Å². The minimum Gasteiger partial charge on any atom is -0.373 e. The van der Waals surface area contributed by atoms with Crippen LogP contribution in [0.15, 0.2) is 0 Å². The Balaban J connectivity index is -0.0000000600. The van der Waals surface area contributed by atoms with E-state index in [4.69, 9.17) is 33.2 Å². The highest BCUT2D eigenvalue weighted by Gasteiger charge is 0.973. The van der Waals surface area contributed by atoms with Crippen LogP contribution in [-0.2, 0) is 0 Å². The highest BCUT2D eigenvalue weighted by Crippen LogP contribution is 1.29. The first-order valence-electron chi connectivity index (χ1n) is 1.22. The van der Waals surface area contributed by atoms with Gasteiger partial charge in [-0.2, -0.15) is 0 Å². The lowest BCUT2D eigenvalue weighted by molar-refractivity contribution is 1.45. The van der Waals surface area contributed by atoms with Crippen molar-refractivity contribution in [3.05, 3.63) is 42.4 Å². The Morgan fingerprint density at radius 1 is 0.778 bits per heavy atom. The standard InChI is InChI=1S/HN3.2N3/c3*1-3-2/h1H;;/q;2*-1. The Morgan fingerprint density at radius 3 is 0.778 bits per heavy atom. The summed E-state index contributed by atoms with van der Waals surface area (Å²) in [5, 5.41) is 0. The Morgan fingerprint density at radius 2 is 0.778 bits per heavy atom. The molecule has 1 N–H and O–H groups in total. The molecule has 9 heteroatoms. The second-order valence-electron chi connectivity index (χ2n) is 0.279. The van der Waals surface area contributed by atoms with E-state index in [1.54, 1.807) is 4.91 Å². The molecule has 0 heterocycles. The summed E-state index contributed by atoms with van der Waals surface area (Å²) in [5.74, 6) is 0. The summed E-state index contributed by atoms with van der Waals surface area (Å²) in [5.41, 5.74) is 39.2. The zero-order valence-corrected chi connectivity index (χ0v) is 4.08. The lowest BCUT2D eigenvalue weighted by Crippen LogP contribution is -0.769. The maximum atomic E-state index is 6.86. The molecular formula is HN9-2. The van der Waals surface area contributed by atoms with Gasteiger partial charge in [-0.3, -0.25) is 9.82 Å². The van der Waals surface area contributed by atoms with Crippen molar-refractivity contribution in [1.82, 2.24) is 0 Å². The van der Waals surface area contributed by atoms with Gasteiger partial charge in [-0.1, -0.05) is 0 Å². The van der Waals surface area contributed by atoms with Crippen molar-refractivity contribution in [3.63, 3.8) is 0 Å². The van der Waals surface area contributed by atoms with Crippen molar-refractivity contribution in [3.8, 4) is 0 Å². The van der Waals surface area contributed by atoms with E-state index in [1.807, 2.05) is 0 Å². The van der Waals surface area contributed by atoms with Crippen LogP contribution in [-0.4, -0.2) is 0 Å². The van der Waals surface area contributed by atoms with Crippen molar-refractivity contribution < 1.29 is 0 Å². The average molecular weight is 127 g/mol. The second kappa shape index (κ2) is 167. The van der Waals surface area contributed by atoms with Gasteiger partial charge >= 0.3 is 0 Å². The van der Waals surface area contributed by atoms with Crippen molar-refractivity contribution in [1.29, 1.82) is 5.53 Å². The van der Waals surface area contributed by atoms with Gasteiger partial charge in [0.25, 0.3) is 0 Å². The fourth-order valence-corrected chi connectivity index (χ4v) is 0. The molecule has 0 atom stereocenters. The lowest BCUT2D eigenvalue weighted by Gasteiger charge is -1.32. The maximum absolute atomic E-state index is 6.86. The summed E-state index contributed by atoms with van der Waals surface area (Å²) in [7, 11) is 0. The lowest BCUT2D eigenvalue weighted by atomic mass is 13.0. The van der Waals surface area contributed by atoms with E-state index < -0.39 is 0 Å². The molecule has 0 bridgehead atoms. The molecule has 0 saturated heterocycles. The molecule has 0 aromatic rings. The van der Waals surface area contributed by atoms with Crippen LogP contribution in [0, 0.1) is 5.53 Å². The zero-order chi connectivity index (χ0) is 8.12. The van der Waals surface area contributed by atoms with Gasteiger partial charge in [-0.15, -0.1) is 5.53 Å². The topological polar surface area (TPSA) is 178 Å². The van der Waals surface area contributed by atoms with Crippen LogP contribution in [0.25, 0.3) is 42.4 Å². The maximum Gasteiger partial charge on any atom is -0.00208 e. The van der Waals surface area contributed by atoms with Crippen LogP contribution in [0.1, 0.15) is 0 Å². The molecule has 0 spiro atoms. The summed E-state index contributed by atoms with van der Waals surface area (Å²) >= 11 is 0. The van der Waals surface area contributed by atoms with Crippen LogP contribution in [0.3, 0.4) is 0 Å². The fraction of sp³-hybridized carbons (Fsp3) is 0. The van der Waals surface area contributed by atoms with Gasteiger partial charge in [0, 0.05) is 0 Å². The van der Waals surface area contributed by atoms with E-state index >= 15 is 0 Å². The van der Waals surface area contributed by atoms with E-state index in [9.17, 15) is 0 Å². The summed E-state index contributed by atoms with van der Waals surface area (Å²) in [6.45, 7) is 0. The SMILES string of the molecule is [N-]=[N+]=N.[N-]=[N+]=[N-].[N-]=[N+]=[N-]. The van der Waals surface area contributed by atoms with Crippen LogP contribution in [0.5, 0.6) is 0 Å². The number of hydrogen-bond acceptors (Lipinski definition) is 1. The van der Waals surface area contributed by atoms with Crippen molar-refractivity contribution in [2.75, 3.05) is 0 Å². The molecule has 0 aliphatic rings. The molecule has 0 aliphatic heterocycles. The van der Waals surface area contributed by atoms with E-state index in [2.05, 4.69) is 0 Å². The number of nitrogens with one attached hydrogen (secondary N) is 1. The Bertz CT molecular complexity index is 91.6. The van der Waals surface area contributed by atoms with Gasteiger partial charge in [0.2, 0.25) is 0 Å². The number of hydrogen-bond donors (Lipinski definition) is 1. The second-order valence-corrected chi connectivity index (χ2v) is 0.279. The smallest absolute Gasteiger partial charge is 0.00208 e. The normalized spacial score (nSPS) is 2.67. The molecule has 9 nitrogen and oxygen atoms in total. The van der Waals surface area contributed by atoms with Gasteiger partial charge in [-0.05, 0) is 10.4 Å². The average Bonchev–Trinajstić information content (AvgIpc) is 1.70. The monoisotopic (exact) mass is 127 g/mol. The largest absolute Gasteiger partial charge is 0.373 e. The Hall–Kier alpha value is -2.07. The minimum atomic E-state index is 1.50. The Kier molecular flexibility index (Phi) is 292. The number of nitrogens with zero attached hydrogens (tertiary/aromatic N) is 8. The summed E-state index contributed by atoms with van der Waals surface area (Å²) in [4.78, 5) is 4.75. The van der Waals surface area contributed by atoms with Crippen LogP contribution < -0.4 is 0 Å². The highest BCUT2D eigenvalue weighted by molar-refractivity contribution is 4.36. The Labute approximate surface area is 49.2 Å². The molecule has 0 aromatic heterocycles. The molecule has 9 heavy (non-hydrogen) atoms. The summed E-state index contributed by atoms with van der Waals surface area (Å²) in [6, 6.07) is 0. The van der Waals surface area contributed by atoms with Gasteiger partial charge < -0.3 is 22.1 Å². The quantitative estimate of drug-likeness (QED) is 0.285. The third-order valence-electron chi connectivity index (χ3n) is 0.